The number of carbonyl (C=O) groups is 2. The lowest BCUT2D eigenvalue weighted by molar-refractivity contribution is -0.274. The molecular formula is C20H23F3N2O6. The van der Waals surface area contributed by atoms with Gasteiger partial charge in [0.15, 0.2) is 0 Å². The van der Waals surface area contributed by atoms with Crippen molar-refractivity contribution in [2.45, 2.75) is 51.8 Å². The van der Waals surface area contributed by atoms with Crippen LogP contribution in [0.4, 0.5) is 18.0 Å². The van der Waals surface area contributed by atoms with Crippen LogP contribution in [-0.2, 0) is 14.3 Å². The number of carbonyl (C=O) groups excluding carboxylic acids is 3. The third kappa shape index (κ3) is 6.73. The highest BCUT2D eigenvalue weighted by Gasteiger charge is 2.44. The number of likely N-dealkylation sites (tertiary alicyclic amines) is 1. The number of benzene rings is 1. The van der Waals surface area contributed by atoms with Crippen molar-refractivity contribution in [2.75, 3.05) is 13.2 Å². The molecule has 1 saturated heterocycles. The summed E-state index contributed by atoms with van der Waals surface area (Å²) in [6, 6.07) is 3.51. The second kappa shape index (κ2) is 9.40. The first kappa shape index (κ1) is 24.2. The molecule has 0 aliphatic carbocycles. The predicted molar refractivity (Wildman–Crippen MR) is 102 cm³/mol. The average molecular weight is 444 g/mol. The van der Waals surface area contributed by atoms with Gasteiger partial charge in [0.25, 0.3) is 5.91 Å². The molecule has 0 bridgehead atoms. The molecule has 2 amide bonds. The van der Waals surface area contributed by atoms with Crippen LogP contribution in [0.1, 0.15) is 38.1 Å². The summed E-state index contributed by atoms with van der Waals surface area (Å²) in [6.07, 6.45) is -6.59. The van der Waals surface area contributed by atoms with E-state index in [0.29, 0.717) is 0 Å². The molecule has 1 aliphatic heterocycles. The summed E-state index contributed by atoms with van der Waals surface area (Å²) in [4.78, 5) is 37.6. The molecule has 0 spiro atoms. The van der Waals surface area contributed by atoms with Gasteiger partial charge in [-0.1, -0.05) is 0 Å². The quantitative estimate of drug-likeness (QED) is 0.702. The van der Waals surface area contributed by atoms with Gasteiger partial charge in [0.05, 0.1) is 12.6 Å². The Balaban J connectivity index is 2.17. The number of alkyl halides is 3. The van der Waals surface area contributed by atoms with Crippen molar-refractivity contribution < 1.29 is 41.8 Å². The molecule has 31 heavy (non-hydrogen) atoms. The topological polar surface area (TPSA) is 94.2 Å². The first-order valence-electron chi connectivity index (χ1n) is 9.38. The highest BCUT2D eigenvalue weighted by molar-refractivity contribution is 5.94. The molecule has 0 unspecified atom stereocenters. The third-order valence-corrected chi connectivity index (χ3v) is 4.04. The SMILES string of the molecule is CCO[C@@H]1C(=C=O)N(C(=O)OC(C)(C)C)C[C@H]1NC(=O)c1ccc(OC(F)(F)F)cc1. The number of hydrogen-bond donors (Lipinski definition) is 1. The van der Waals surface area contributed by atoms with Gasteiger partial charge in [-0.25, -0.2) is 9.59 Å². The molecule has 1 aromatic carbocycles. The fraction of sp³-hybridized carbons (Fsp3) is 0.500. The van der Waals surface area contributed by atoms with Crippen LogP contribution in [0, 0.1) is 0 Å². The van der Waals surface area contributed by atoms with Gasteiger partial charge in [0.1, 0.15) is 29.1 Å². The minimum atomic E-state index is -4.85. The monoisotopic (exact) mass is 444 g/mol. The summed E-state index contributed by atoms with van der Waals surface area (Å²) >= 11 is 0. The van der Waals surface area contributed by atoms with E-state index in [2.05, 4.69) is 10.1 Å². The van der Waals surface area contributed by atoms with Crippen LogP contribution >= 0.6 is 0 Å². The Bertz CT molecular complexity index is 857. The van der Waals surface area contributed by atoms with Crippen molar-refractivity contribution in [3.8, 4) is 5.75 Å². The summed E-state index contributed by atoms with van der Waals surface area (Å²) in [6.45, 7) is 6.75. The Hall–Kier alpha value is -3.04. The Labute approximate surface area is 176 Å². The number of amides is 2. The molecule has 2 rings (SSSR count). The van der Waals surface area contributed by atoms with Crippen LogP contribution in [0.15, 0.2) is 30.0 Å². The molecule has 8 nitrogen and oxygen atoms in total. The van der Waals surface area contributed by atoms with Crippen molar-refractivity contribution in [3.63, 3.8) is 0 Å². The largest absolute Gasteiger partial charge is 0.573 e. The highest BCUT2D eigenvalue weighted by Crippen LogP contribution is 2.27. The fourth-order valence-electron chi connectivity index (χ4n) is 2.89. The Morgan fingerprint density at radius 2 is 1.81 bits per heavy atom. The zero-order valence-corrected chi connectivity index (χ0v) is 17.4. The fourth-order valence-corrected chi connectivity index (χ4v) is 2.89. The van der Waals surface area contributed by atoms with Crippen LogP contribution < -0.4 is 10.1 Å². The summed E-state index contributed by atoms with van der Waals surface area (Å²) in [5.74, 6) is 0.573. The Kier molecular flexibility index (Phi) is 7.35. The first-order chi connectivity index (χ1) is 14.3. The second-order valence-electron chi connectivity index (χ2n) is 7.61. The summed E-state index contributed by atoms with van der Waals surface area (Å²) in [7, 11) is 0. The third-order valence-electron chi connectivity index (χ3n) is 4.04. The maximum Gasteiger partial charge on any atom is 0.573 e. The van der Waals surface area contributed by atoms with E-state index in [-0.39, 0.29) is 24.4 Å². The van der Waals surface area contributed by atoms with E-state index in [0.717, 1.165) is 29.2 Å². The minimum absolute atomic E-state index is 0.0529. The molecule has 0 saturated carbocycles. The molecule has 11 heteroatoms. The van der Waals surface area contributed by atoms with Gasteiger partial charge in [0.2, 0.25) is 0 Å². The zero-order valence-electron chi connectivity index (χ0n) is 17.4. The highest BCUT2D eigenvalue weighted by atomic mass is 19.4. The van der Waals surface area contributed by atoms with E-state index in [1.54, 1.807) is 33.6 Å². The van der Waals surface area contributed by atoms with Gasteiger partial charge in [-0.2, -0.15) is 0 Å². The molecule has 1 fully saturated rings. The van der Waals surface area contributed by atoms with Gasteiger partial charge in [0, 0.05) is 12.2 Å². The predicted octanol–water partition coefficient (Wildman–Crippen LogP) is 3.05. The molecule has 170 valence electrons. The van der Waals surface area contributed by atoms with Crippen LogP contribution in [0.5, 0.6) is 5.75 Å². The van der Waals surface area contributed by atoms with Crippen LogP contribution in [-0.4, -0.2) is 60.1 Å². The van der Waals surface area contributed by atoms with Gasteiger partial charge in [-0.15, -0.1) is 13.2 Å². The van der Waals surface area contributed by atoms with Crippen molar-refractivity contribution in [2.24, 2.45) is 0 Å². The number of halogens is 3. The van der Waals surface area contributed by atoms with Crippen molar-refractivity contribution in [3.05, 3.63) is 35.5 Å². The van der Waals surface area contributed by atoms with Gasteiger partial charge >= 0.3 is 12.5 Å². The molecule has 0 radical (unpaired) electrons. The second-order valence-corrected chi connectivity index (χ2v) is 7.61. The molecule has 2 atom stereocenters. The van der Waals surface area contributed by atoms with E-state index in [9.17, 15) is 27.6 Å². The maximum absolute atomic E-state index is 12.6. The molecule has 1 aromatic rings. The van der Waals surface area contributed by atoms with Gasteiger partial charge in [-0.05, 0) is 52.0 Å². The van der Waals surface area contributed by atoms with E-state index >= 15 is 0 Å². The van der Waals surface area contributed by atoms with Gasteiger partial charge < -0.3 is 19.5 Å². The number of nitrogens with zero attached hydrogens (tertiary/aromatic N) is 1. The summed E-state index contributed by atoms with van der Waals surface area (Å²) in [5, 5.41) is 2.63. The first-order valence-corrected chi connectivity index (χ1v) is 9.38. The maximum atomic E-state index is 12.6. The lowest BCUT2D eigenvalue weighted by Gasteiger charge is -2.24. The van der Waals surface area contributed by atoms with Crippen molar-refractivity contribution in [1.82, 2.24) is 10.2 Å². The smallest absolute Gasteiger partial charge is 0.443 e. The van der Waals surface area contributed by atoms with E-state index in [1.807, 2.05) is 0 Å². The average Bonchev–Trinajstić information content (AvgIpc) is 2.97. The van der Waals surface area contributed by atoms with Gasteiger partial charge in [-0.3, -0.25) is 9.69 Å². The molecule has 1 heterocycles. The normalized spacial score (nSPS) is 19.1. The zero-order chi connectivity index (χ0) is 23.4. The summed E-state index contributed by atoms with van der Waals surface area (Å²) < 4.78 is 51.4. The number of rotatable bonds is 5. The van der Waals surface area contributed by atoms with Crippen molar-refractivity contribution >= 4 is 17.9 Å². The lowest BCUT2D eigenvalue weighted by Crippen LogP contribution is -2.44. The molecular weight excluding hydrogens is 421 g/mol. The van der Waals surface area contributed by atoms with Crippen LogP contribution in [0.25, 0.3) is 0 Å². The van der Waals surface area contributed by atoms with E-state index < -0.39 is 41.9 Å². The number of hydrogen-bond acceptors (Lipinski definition) is 6. The minimum Gasteiger partial charge on any atom is -0.443 e. The van der Waals surface area contributed by atoms with Crippen LogP contribution in [0.2, 0.25) is 0 Å². The van der Waals surface area contributed by atoms with Crippen molar-refractivity contribution in [1.29, 1.82) is 0 Å². The number of ether oxygens (including phenoxy) is 3. The lowest BCUT2D eigenvalue weighted by atomic mass is 10.1. The number of nitrogens with one attached hydrogen (secondary N) is 1. The molecule has 1 aliphatic rings. The summed E-state index contributed by atoms with van der Waals surface area (Å²) in [5.41, 5.74) is -0.874. The standard InChI is InChI=1S/C20H23F3N2O6/c1-5-29-16-14(10-25(15(16)11-26)18(28)31-19(2,3)4)24-17(27)12-6-8-13(9-7-12)30-20(21,22)23/h6-9,14,16H,5,10H2,1-4H3,(H,24,27)/t14-,16+/m1/s1. The molecule has 1 N–H and O–H groups in total. The van der Waals surface area contributed by atoms with E-state index in [4.69, 9.17) is 9.47 Å². The molecule has 0 aromatic heterocycles. The van der Waals surface area contributed by atoms with E-state index in [1.165, 1.54) is 0 Å². The van der Waals surface area contributed by atoms with Crippen LogP contribution in [0.3, 0.4) is 0 Å². The Morgan fingerprint density at radius 3 is 2.29 bits per heavy atom. The Morgan fingerprint density at radius 1 is 1.19 bits per heavy atom.